The predicted molar refractivity (Wildman–Crippen MR) is 72.9 cm³/mol. The summed E-state index contributed by atoms with van der Waals surface area (Å²) in [6.45, 7) is 2.30. The van der Waals surface area contributed by atoms with Crippen LogP contribution in [0.3, 0.4) is 0 Å². The van der Waals surface area contributed by atoms with Crippen LogP contribution in [0.4, 0.5) is 13.2 Å². The van der Waals surface area contributed by atoms with Gasteiger partial charge in [-0.15, -0.1) is 0 Å². The van der Waals surface area contributed by atoms with Crippen LogP contribution >= 0.6 is 0 Å². The molecule has 0 radical (unpaired) electrons. The van der Waals surface area contributed by atoms with E-state index in [1.54, 1.807) is 24.3 Å². The van der Waals surface area contributed by atoms with E-state index in [1.165, 1.54) is 0 Å². The van der Waals surface area contributed by atoms with E-state index >= 15 is 0 Å². The second-order valence-electron chi connectivity index (χ2n) is 4.44. The summed E-state index contributed by atoms with van der Waals surface area (Å²) in [6.07, 6.45) is -2.20. The minimum Gasteiger partial charge on any atom is -0.494 e. The number of ether oxygens (including phenoxy) is 1. The summed E-state index contributed by atoms with van der Waals surface area (Å²) in [4.78, 5) is 3.75. The first-order chi connectivity index (χ1) is 9.93. The van der Waals surface area contributed by atoms with Crippen molar-refractivity contribution in [3.05, 3.63) is 59.4 Å². The van der Waals surface area contributed by atoms with E-state index in [4.69, 9.17) is 10.5 Å². The van der Waals surface area contributed by atoms with Gasteiger partial charge in [-0.2, -0.15) is 13.2 Å². The number of hydrogen-bond acceptors (Lipinski definition) is 3. The average molecular weight is 296 g/mol. The molecular weight excluding hydrogens is 281 g/mol. The van der Waals surface area contributed by atoms with Gasteiger partial charge in [0.05, 0.1) is 18.2 Å². The molecule has 1 aromatic heterocycles. The number of rotatable bonds is 4. The van der Waals surface area contributed by atoms with E-state index in [9.17, 15) is 13.2 Å². The van der Waals surface area contributed by atoms with E-state index in [-0.39, 0.29) is 5.56 Å². The molecule has 0 saturated heterocycles. The van der Waals surface area contributed by atoms with Crippen molar-refractivity contribution in [1.82, 2.24) is 4.98 Å². The largest absolute Gasteiger partial charge is 0.494 e. The molecule has 0 amide bonds. The van der Waals surface area contributed by atoms with Crippen molar-refractivity contribution in [2.24, 2.45) is 5.73 Å². The van der Waals surface area contributed by atoms with E-state index in [0.29, 0.717) is 17.9 Å². The maximum absolute atomic E-state index is 13.0. The monoisotopic (exact) mass is 296 g/mol. The zero-order valence-corrected chi connectivity index (χ0v) is 11.4. The maximum atomic E-state index is 13.0. The fourth-order valence-electron chi connectivity index (χ4n) is 2.06. The van der Waals surface area contributed by atoms with Gasteiger partial charge in [-0.25, -0.2) is 0 Å². The highest BCUT2D eigenvalue weighted by Crippen LogP contribution is 2.35. The Morgan fingerprint density at radius 1 is 1.29 bits per heavy atom. The highest BCUT2D eigenvalue weighted by atomic mass is 19.4. The molecule has 112 valence electrons. The minimum absolute atomic E-state index is 0.0568. The number of nitrogens with two attached hydrogens (primary N) is 1. The van der Waals surface area contributed by atoms with Crippen molar-refractivity contribution in [3.63, 3.8) is 0 Å². The van der Waals surface area contributed by atoms with Gasteiger partial charge in [-0.1, -0.05) is 12.1 Å². The number of aromatic nitrogens is 1. The fourth-order valence-corrected chi connectivity index (χ4v) is 2.06. The first kappa shape index (κ1) is 15.3. The third kappa shape index (κ3) is 3.52. The van der Waals surface area contributed by atoms with Crippen molar-refractivity contribution in [2.45, 2.75) is 19.1 Å². The van der Waals surface area contributed by atoms with Crippen LogP contribution in [0.25, 0.3) is 0 Å². The van der Waals surface area contributed by atoms with Gasteiger partial charge in [0.2, 0.25) is 0 Å². The molecule has 2 aromatic rings. The van der Waals surface area contributed by atoms with E-state index < -0.39 is 17.8 Å². The van der Waals surface area contributed by atoms with Crippen molar-refractivity contribution < 1.29 is 17.9 Å². The van der Waals surface area contributed by atoms with Crippen molar-refractivity contribution >= 4 is 0 Å². The highest BCUT2D eigenvalue weighted by Gasteiger charge is 2.34. The Balaban J connectivity index is 2.41. The lowest BCUT2D eigenvalue weighted by Gasteiger charge is -2.18. The van der Waals surface area contributed by atoms with Crippen molar-refractivity contribution in [2.75, 3.05) is 6.61 Å². The second kappa shape index (κ2) is 6.13. The van der Waals surface area contributed by atoms with Crippen LogP contribution in [0.5, 0.6) is 5.75 Å². The molecule has 0 bridgehead atoms. The normalized spacial score (nSPS) is 13.0. The first-order valence-corrected chi connectivity index (χ1v) is 6.43. The number of halogens is 3. The molecule has 2 rings (SSSR count). The number of nitrogens with zero attached hydrogens (tertiary/aromatic N) is 1. The highest BCUT2D eigenvalue weighted by molar-refractivity contribution is 5.39. The van der Waals surface area contributed by atoms with Crippen LogP contribution < -0.4 is 10.5 Å². The van der Waals surface area contributed by atoms with Crippen LogP contribution in [-0.4, -0.2) is 11.6 Å². The topological polar surface area (TPSA) is 48.1 Å². The average Bonchev–Trinajstić information content (AvgIpc) is 2.46. The summed E-state index contributed by atoms with van der Waals surface area (Å²) in [5.74, 6) is 0.572. The van der Waals surface area contributed by atoms with E-state index in [0.717, 1.165) is 18.5 Å². The Kier molecular flexibility index (Phi) is 4.47. The Bertz CT molecular complexity index is 614. The first-order valence-electron chi connectivity index (χ1n) is 6.43. The lowest BCUT2D eigenvalue weighted by molar-refractivity contribution is -0.138. The van der Waals surface area contributed by atoms with Gasteiger partial charge in [-0.05, 0) is 30.7 Å². The summed E-state index contributed by atoms with van der Waals surface area (Å²) in [5.41, 5.74) is 5.70. The molecule has 0 aliphatic heterocycles. The lowest BCUT2D eigenvalue weighted by atomic mass is 9.96. The minimum atomic E-state index is -4.46. The zero-order valence-electron chi connectivity index (χ0n) is 11.4. The van der Waals surface area contributed by atoms with Crippen molar-refractivity contribution in [1.29, 1.82) is 0 Å². The Labute approximate surface area is 120 Å². The van der Waals surface area contributed by atoms with Crippen LogP contribution in [0.2, 0.25) is 0 Å². The molecule has 0 spiro atoms. The number of hydrogen-bond donors (Lipinski definition) is 1. The van der Waals surface area contributed by atoms with Gasteiger partial charge >= 0.3 is 6.18 Å². The maximum Gasteiger partial charge on any atom is 0.416 e. The summed E-state index contributed by atoms with van der Waals surface area (Å²) < 4.78 is 44.4. The fraction of sp³-hybridized carbons (Fsp3) is 0.267. The SMILES string of the molecule is CCOc1cccc(C(N)c2cnccc2C(F)(F)F)c1. The number of benzene rings is 1. The second-order valence-corrected chi connectivity index (χ2v) is 4.44. The third-order valence-electron chi connectivity index (χ3n) is 3.02. The Hall–Kier alpha value is -2.08. The summed E-state index contributed by atoms with van der Waals surface area (Å²) in [5, 5.41) is 0. The van der Waals surface area contributed by atoms with Crippen molar-refractivity contribution in [3.8, 4) is 5.75 Å². The molecule has 0 aliphatic carbocycles. The Morgan fingerprint density at radius 3 is 2.71 bits per heavy atom. The van der Waals surface area contributed by atoms with Gasteiger partial charge in [0.1, 0.15) is 5.75 Å². The quantitative estimate of drug-likeness (QED) is 0.938. The van der Waals surface area contributed by atoms with E-state index in [2.05, 4.69) is 4.98 Å². The number of pyridine rings is 1. The molecule has 2 N–H and O–H groups in total. The third-order valence-corrected chi connectivity index (χ3v) is 3.02. The van der Waals surface area contributed by atoms with Gasteiger partial charge in [0, 0.05) is 18.0 Å². The van der Waals surface area contributed by atoms with Gasteiger partial charge in [-0.3, -0.25) is 4.98 Å². The van der Waals surface area contributed by atoms with Crippen LogP contribution in [-0.2, 0) is 6.18 Å². The summed E-state index contributed by atoms with van der Waals surface area (Å²) in [7, 11) is 0. The molecule has 1 heterocycles. The molecule has 1 unspecified atom stereocenters. The molecule has 1 atom stereocenters. The standard InChI is InChI=1S/C15H15F3N2O/c1-2-21-11-5-3-4-10(8-11)14(19)12-9-20-7-6-13(12)15(16,17)18/h3-9,14H,2,19H2,1H3. The molecule has 6 heteroatoms. The smallest absolute Gasteiger partial charge is 0.416 e. The molecule has 21 heavy (non-hydrogen) atoms. The van der Waals surface area contributed by atoms with Crippen LogP contribution in [0.15, 0.2) is 42.7 Å². The summed E-state index contributed by atoms with van der Waals surface area (Å²) in [6, 6.07) is 6.75. The van der Waals surface area contributed by atoms with Gasteiger partial charge in [0.15, 0.2) is 0 Å². The summed E-state index contributed by atoms with van der Waals surface area (Å²) >= 11 is 0. The van der Waals surface area contributed by atoms with Crippen LogP contribution in [0, 0.1) is 0 Å². The molecule has 0 aliphatic rings. The molecule has 3 nitrogen and oxygen atoms in total. The molecule has 0 saturated carbocycles. The van der Waals surface area contributed by atoms with Gasteiger partial charge in [0.25, 0.3) is 0 Å². The lowest BCUT2D eigenvalue weighted by Crippen LogP contribution is -2.18. The molecule has 1 aromatic carbocycles. The van der Waals surface area contributed by atoms with E-state index in [1.807, 2.05) is 6.92 Å². The molecular formula is C15H15F3N2O. The Morgan fingerprint density at radius 2 is 2.05 bits per heavy atom. The van der Waals surface area contributed by atoms with Gasteiger partial charge < -0.3 is 10.5 Å². The molecule has 0 fully saturated rings. The predicted octanol–water partition coefficient (Wildman–Crippen LogP) is 3.55. The number of alkyl halides is 3. The van der Waals surface area contributed by atoms with Crippen LogP contribution in [0.1, 0.15) is 29.7 Å². The zero-order chi connectivity index (χ0) is 15.5.